The number of halogens is 3. The molecule has 0 unspecified atom stereocenters. The van der Waals surface area contributed by atoms with Crippen molar-refractivity contribution < 1.29 is 17.9 Å². The van der Waals surface area contributed by atoms with Crippen LogP contribution in [0.5, 0.6) is 0 Å². The second kappa shape index (κ2) is 5.99. The first-order valence-corrected chi connectivity index (χ1v) is 3.96. The SMILES string of the molecule is CC(C)=CCNCCOC(F)(F)F. The lowest BCUT2D eigenvalue weighted by Gasteiger charge is -2.06. The number of nitrogens with one attached hydrogen (secondary N) is 1. The normalized spacial score (nSPS) is 11.5. The molecule has 0 saturated carbocycles. The topological polar surface area (TPSA) is 21.3 Å². The summed E-state index contributed by atoms with van der Waals surface area (Å²) in [4.78, 5) is 0. The van der Waals surface area contributed by atoms with Crippen LogP contribution < -0.4 is 5.32 Å². The lowest BCUT2D eigenvalue weighted by atomic mass is 10.3. The minimum absolute atomic E-state index is 0.198. The molecule has 0 radical (unpaired) electrons. The minimum atomic E-state index is -4.52. The van der Waals surface area contributed by atoms with Gasteiger partial charge >= 0.3 is 6.36 Å². The van der Waals surface area contributed by atoms with Crippen LogP contribution in [-0.2, 0) is 4.74 Å². The van der Waals surface area contributed by atoms with Crippen molar-refractivity contribution in [3.63, 3.8) is 0 Å². The van der Waals surface area contributed by atoms with E-state index in [4.69, 9.17) is 0 Å². The van der Waals surface area contributed by atoms with Gasteiger partial charge in [-0.3, -0.25) is 4.74 Å². The summed E-state index contributed by atoms with van der Waals surface area (Å²) in [6, 6.07) is 0. The summed E-state index contributed by atoms with van der Waals surface area (Å²) in [6.07, 6.45) is -2.62. The minimum Gasteiger partial charge on any atom is -0.311 e. The van der Waals surface area contributed by atoms with Gasteiger partial charge in [-0.15, -0.1) is 13.2 Å². The maximum absolute atomic E-state index is 11.4. The number of hydrogen-bond donors (Lipinski definition) is 1. The highest BCUT2D eigenvalue weighted by molar-refractivity contribution is 4.94. The third-order valence-corrected chi connectivity index (χ3v) is 1.20. The fourth-order valence-electron chi connectivity index (χ4n) is 0.617. The summed E-state index contributed by atoms with van der Waals surface area (Å²) in [7, 11) is 0. The van der Waals surface area contributed by atoms with Crippen molar-refractivity contribution in [2.45, 2.75) is 20.2 Å². The van der Waals surface area contributed by atoms with Gasteiger partial charge in [0.05, 0.1) is 6.61 Å². The molecule has 0 atom stereocenters. The van der Waals surface area contributed by atoms with Gasteiger partial charge in [0.15, 0.2) is 0 Å². The average Bonchev–Trinajstić information content (AvgIpc) is 1.93. The van der Waals surface area contributed by atoms with Gasteiger partial charge in [-0.2, -0.15) is 0 Å². The maximum atomic E-state index is 11.4. The van der Waals surface area contributed by atoms with E-state index in [1.165, 1.54) is 0 Å². The van der Waals surface area contributed by atoms with Crippen LogP contribution >= 0.6 is 0 Å². The molecule has 0 fully saturated rings. The zero-order valence-corrected chi connectivity index (χ0v) is 7.74. The predicted octanol–water partition coefficient (Wildman–Crippen LogP) is 2.08. The molecule has 0 aromatic rings. The van der Waals surface area contributed by atoms with Gasteiger partial charge in [0.2, 0.25) is 0 Å². The molecule has 0 saturated heterocycles. The van der Waals surface area contributed by atoms with Crippen LogP contribution in [0.1, 0.15) is 13.8 Å². The quantitative estimate of drug-likeness (QED) is 0.538. The van der Waals surface area contributed by atoms with Gasteiger partial charge in [-0.1, -0.05) is 11.6 Å². The van der Waals surface area contributed by atoms with Crippen molar-refractivity contribution in [3.05, 3.63) is 11.6 Å². The fourth-order valence-corrected chi connectivity index (χ4v) is 0.617. The molecule has 0 aliphatic heterocycles. The highest BCUT2D eigenvalue weighted by atomic mass is 19.4. The Morgan fingerprint density at radius 2 is 2.00 bits per heavy atom. The molecule has 5 heteroatoms. The Morgan fingerprint density at radius 1 is 1.38 bits per heavy atom. The highest BCUT2D eigenvalue weighted by Gasteiger charge is 2.28. The summed E-state index contributed by atoms with van der Waals surface area (Å²) in [5.74, 6) is 0. The molecule has 13 heavy (non-hydrogen) atoms. The summed E-state index contributed by atoms with van der Waals surface area (Å²) in [5, 5.41) is 2.79. The largest absolute Gasteiger partial charge is 0.522 e. The van der Waals surface area contributed by atoms with Crippen molar-refractivity contribution in [2.24, 2.45) is 0 Å². The van der Waals surface area contributed by atoms with Crippen molar-refractivity contribution in [1.82, 2.24) is 5.32 Å². The summed E-state index contributed by atoms with van der Waals surface area (Å²) in [6.45, 7) is 4.27. The van der Waals surface area contributed by atoms with E-state index in [2.05, 4.69) is 10.1 Å². The number of alkyl halides is 3. The molecule has 78 valence electrons. The Balaban J connectivity index is 3.23. The lowest BCUT2D eigenvalue weighted by molar-refractivity contribution is -0.323. The van der Waals surface area contributed by atoms with Crippen LogP contribution in [0.2, 0.25) is 0 Å². The molecule has 0 bridgehead atoms. The first-order valence-electron chi connectivity index (χ1n) is 3.96. The van der Waals surface area contributed by atoms with E-state index >= 15 is 0 Å². The van der Waals surface area contributed by atoms with Crippen LogP contribution in [0.15, 0.2) is 11.6 Å². The Labute approximate surface area is 75.8 Å². The number of rotatable bonds is 5. The van der Waals surface area contributed by atoms with E-state index in [1.54, 1.807) is 0 Å². The molecule has 2 nitrogen and oxygen atoms in total. The molecule has 0 aliphatic carbocycles. The Morgan fingerprint density at radius 3 is 2.46 bits per heavy atom. The van der Waals surface area contributed by atoms with E-state index in [9.17, 15) is 13.2 Å². The predicted molar refractivity (Wildman–Crippen MR) is 44.3 cm³/mol. The van der Waals surface area contributed by atoms with Crippen molar-refractivity contribution in [1.29, 1.82) is 0 Å². The monoisotopic (exact) mass is 197 g/mol. The molecule has 0 spiro atoms. The van der Waals surface area contributed by atoms with Gasteiger partial charge in [0.25, 0.3) is 0 Å². The molecular formula is C8H14F3NO. The van der Waals surface area contributed by atoms with Crippen LogP contribution in [0, 0.1) is 0 Å². The van der Waals surface area contributed by atoms with Crippen molar-refractivity contribution in [3.8, 4) is 0 Å². The molecule has 0 rings (SSSR count). The number of allylic oxidation sites excluding steroid dienone is 1. The van der Waals surface area contributed by atoms with E-state index < -0.39 is 6.36 Å². The molecular weight excluding hydrogens is 183 g/mol. The van der Waals surface area contributed by atoms with Crippen molar-refractivity contribution >= 4 is 0 Å². The van der Waals surface area contributed by atoms with Crippen LogP contribution in [-0.4, -0.2) is 26.1 Å². The van der Waals surface area contributed by atoms with Gasteiger partial charge in [0.1, 0.15) is 0 Å². The maximum Gasteiger partial charge on any atom is 0.522 e. The first kappa shape index (κ1) is 12.4. The zero-order chi connectivity index (χ0) is 10.3. The van der Waals surface area contributed by atoms with Crippen LogP contribution in [0.3, 0.4) is 0 Å². The average molecular weight is 197 g/mol. The zero-order valence-electron chi connectivity index (χ0n) is 7.74. The molecule has 0 aromatic heterocycles. The molecule has 0 amide bonds. The van der Waals surface area contributed by atoms with E-state index in [-0.39, 0.29) is 13.2 Å². The second-order valence-corrected chi connectivity index (χ2v) is 2.78. The summed E-state index contributed by atoms with van der Waals surface area (Å²) >= 11 is 0. The molecule has 0 aromatic carbocycles. The van der Waals surface area contributed by atoms with Gasteiger partial charge in [-0.05, 0) is 13.8 Å². The number of hydrogen-bond acceptors (Lipinski definition) is 2. The summed E-state index contributed by atoms with van der Waals surface area (Å²) in [5.41, 5.74) is 1.13. The van der Waals surface area contributed by atoms with E-state index in [0.29, 0.717) is 6.54 Å². The lowest BCUT2D eigenvalue weighted by Crippen LogP contribution is -2.24. The molecule has 0 aliphatic rings. The third-order valence-electron chi connectivity index (χ3n) is 1.20. The highest BCUT2D eigenvalue weighted by Crippen LogP contribution is 2.14. The fraction of sp³-hybridized carbons (Fsp3) is 0.750. The molecule has 1 N–H and O–H groups in total. The van der Waals surface area contributed by atoms with Crippen LogP contribution in [0.4, 0.5) is 13.2 Å². The Bertz CT molecular complexity index is 161. The Hall–Kier alpha value is -0.550. The van der Waals surface area contributed by atoms with Gasteiger partial charge in [-0.25, -0.2) is 0 Å². The summed E-state index contributed by atoms with van der Waals surface area (Å²) < 4.78 is 37.8. The number of ether oxygens (including phenoxy) is 1. The molecule has 0 heterocycles. The van der Waals surface area contributed by atoms with Gasteiger partial charge in [0, 0.05) is 13.1 Å². The van der Waals surface area contributed by atoms with Crippen molar-refractivity contribution in [2.75, 3.05) is 19.7 Å². The first-order chi connectivity index (χ1) is 5.92. The smallest absolute Gasteiger partial charge is 0.311 e. The standard InChI is InChI=1S/C8H14F3NO/c1-7(2)3-4-12-5-6-13-8(9,10)11/h3,12H,4-6H2,1-2H3. The van der Waals surface area contributed by atoms with E-state index in [0.717, 1.165) is 5.57 Å². The Kier molecular flexibility index (Phi) is 5.73. The van der Waals surface area contributed by atoms with E-state index in [1.807, 2.05) is 19.9 Å². The van der Waals surface area contributed by atoms with Gasteiger partial charge < -0.3 is 5.32 Å². The third kappa shape index (κ3) is 11.5. The van der Waals surface area contributed by atoms with Crippen LogP contribution in [0.25, 0.3) is 0 Å². The second-order valence-electron chi connectivity index (χ2n) is 2.78.